The van der Waals surface area contributed by atoms with E-state index in [2.05, 4.69) is 57.8 Å². The van der Waals surface area contributed by atoms with Gasteiger partial charge in [-0.25, -0.2) is 14.6 Å². The van der Waals surface area contributed by atoms with Gasteiger partial charge in [0.2, 0.25) is 9.39 Å². The summed E-state index contributed by atoms with van der Waals surface area (Å²) >= 11 is 8.67. The van der Waals surface area contributed by atoms with E-state index in [1.165, 1.54) is 12.1 Å². The Bertz CT molecular complexity index is 888. The maximum Gasteiger partial charge on any atom is 0.352 e. The van der Waals surface area contributed by atoms with E-state index in [-0.39, 0.29) is 20.8 Å². The van der Waals surface area contributed by atoms with Crippen LogP contribution in [-0.2, 0) is 0 Å². The molecule has 2 rings (SSSR count). The highest BCUT2D eigenvalue weighted by Crippen LogP contribution is 2.16. The number of pyridine rings is 2. The molecule has 0 fully saturated rings. The van der Waals surface area contributed by atoms with Crippen LogP contribution in [0.3, 0.4) is 0 Å². The Morgan fingerprint density at radius 1 is 0.846 bits per heavy atom. The number of carbonyl (C=O) groups excluding carboxylic acids is 2. The van der Waals surface area contributed by atoms with Gasteiger partial charge in [-0.05, 0) is 44.0 Å². The molecule has 2 aromatic heterocycles. The van der Waals surface area contributed by atoms with Crippen molar-refractivity contribution in [3.05, 3.63) is 61.7 Å². The fourth-order valence-electron chi connectivity index (χ4n) is 1.47. The average molecular weight is 555 g/mol. The number of halogens is 3. The van der Waals surface area contributed by atoms with Crippen LogP contribution in [0.25, 0.3) is 0 Å². The lowest BCUT2D eigenvalue weighted by Gasteiger charge is -1.98. The van der Waals surface area contributed by atoms with Crippen LogP contribution >= 0.6 is 47.8 Å². The number of nitrogens with zero attached hydrogens (tertiary/aromatic N) is 1. The SMILES string of the molecule is O=C(Br)c1cc(Br)cc(C(=O)Br)n1.O=C(O)c1cc(=O)cc(C(=O)O)[nH]1. The van der Waals surface area contributed by atoms with Crippen LogP contribution in [0.15, 0.2) is 33.5 Å². The van der Waals surface area contributed by atoms with E-state index >= 15 is 0 Å². The van der Waals surface area contributed by atoms with Crippen molar-refractivity contribution in [2.75, 3.05) is 0 Å². The molecule has 0 amide bonds. The molecular formula is C14H7Br3N2O7. The summed E-state index contributed by atoms with van der Waals surface area (Å²) in [7, 11) is 0. The third-order valence-electron chi connectivity index (χ3n) is 2.50. The number of hydrogen-bond donors (Lipinski definition) is 3. The first-order valence-corrected chi connectivity index (χ1v) is 8.67. The van der Waals surface area contributed by atoms with Crippen LogP contribution in [-0.4, -0.2) is 41.5 Å². The molecule has 0 aromatic carbocycles. The summed E-state index contributed by atoms with van der Waals surface area (Å²) in [4.78, 5) is 59.2. The number of carbonyl (C=O) groups is 4. The average Bonchev–Trinajstić information content (AvgIpc) is 2.54. The third kappa shape index (κ3) is 6.61. The third-order valence-corrected chi connectivity index (χ3v) is 3.77. The van der Waals surface area contributed by atoms with Gasteiger partial charge >= 0.3 is 11.9 Å². The van der Waals surface area contributed by atoms with Crippen LogP contribution in [0.5, 0.6) is 0 Å². The largest absolute Gasteiger partial charge is 0.477 e. The van der Waals surface area contributed by atoms with E-state index in [1.54, 1.807) is 0 Å². The first kappa shape index (κ1) is 21.9. The Hall–Kier alpha value is -2.18. The Balaban J connectivity index is 0.000000260. The van der Waals surface area contributed by atoms with Crippen molar-refractivity contribution in [1.29, 1.82) is 0 Å². The summed E-state index contributed by atoms with van der Waals surface area (Å²) in [5, 5.41) is 16.9. The first-order chi connectivity index (χ1) is 12.0. The minimum absolute atomic E-state index is 0.192. The maximum atomic E-state index is 10.9. The second kappa shape index (κ2) is 9.50. The summed E-state index contributed by atoms with van der Waals surface area (Å²) in [6.45, 7) is 0. The molecule has 2 aromatic rings. The highest BCUT2D eigenvalue weighted by atomic mass is 79.9. The maximum absolute atomic E-state index is 10.9. The van der Waals surface area contributed by atoms with Gasteiger partial charge in [-0.15, -0.1) is 0 Å². The minimum atomic E-state index is -1.37. The molecule has 2 heterocycles. The highest BCUT2D eigenvalue weighted by Gasteiger charge is 2.10. The van der Waals surface area contributed by atoms with E-state index in [0.29, 0.717) is 4.47 Å². The van der Waals surface area contributed by atoms with Gasteiger partial charge < -0.3 is 15.2 Å². The van der Waals surface area contributed by atoms with Gasteiger partial charge in [0, 0.05) is 16.6 Å². The Kier molecular flexibility index (Phi) is 7.99. The Morgan fingerprint density at radius 2 is 1.23 bits per heavy atom. The van der Waals surface area contributed by atoms with Crippen molar-refractivity contribution in [2.45, 2.75) is 0 Å². The van der Waals surface area contributed by atoms with Crippen molar-refractivity contribution in [3.8, 4) is 0 Å². The number of hydrogen-bond acceptors (Lipinski definition) is 6. The molecule has 0 unspecified atom stereocenters. The molecule has 0 saturated heterocycles. The van der Waals surface area contributed by atoms with Crippen LogP contribution in [0, 0.1) is 0 Å². The van der Waals surface area contributed by atoms with E-state index in [0.717, 1.165) is 12.1 Å². The van der Waals surface area contributed by atoms with Crippen molar-refractivity contribution in [3.63, 3.8) is 0 Å². The van der Waals surface area contributed by atoms with Crippen LogP contribution < -0.4 is 5.43 Å². The molecule has 0 aliphatic rings. The summed E-state index contributed by atoms with van der Waals surface area (Å²) in [6.07, 6.45) is 0. The number of H-pyrrole nitrogens is 1. The lowest BCUT2D eigenvalue weighted by atomic mass is 10.3. The molecule has 3 N–H and O–H groups in total. The lowest BCUT2D eigenvalue weighted by Crippen LogP contribution is -2.13. The zero-order valence-electron chi connectivity index (χ0n) is 12.3. The number of carboxylic acids is 2. The van der Waals surface area contributed by atoms with Crippen LogP contribution in [0.2, 0.25) is 0 Å². The van der Waals surface area contributed by atoms with E-state index in [4.69, 9.17) is 10.2 Å². The van der Waals surface area contributed by atoms with Gasteiger partial charge in [-0.3, -0.25) is 14.4 Å². The molecule has 9 nitrogen and oxygen atoms in total. The molecule has 0 radical (unpaired) electrons. The van der Waals surface area contributed by atoms with Gasteiger partial charge in [-0.1, -0.05) is 15.9 Å². The number of aromatic carboxylic acids is 2. The van der Waals surface area contributed by atoms with Crippen LogP contribution in [0.1, 0.15) is 42.0 Å². The normalized spacial score (nSPS) is 9.65. The van der Waals surface area contributed by atoms with E-state index < -0.39 is 28.8 Å². The molecule has 0 aliphatic heterocycles. The molecule has 0 aliphatic carbocycles. The number of aromatic nitrogens is 2. The minimum Gasteiger partial charge on any atom is -0.477 e. The predicted octanol–water partition coefficient (Wildman–Crippen LogP) is 2.69. The second-order valence-corrected chi connectivity index (χ2v) is 6.71. The van der Waals surface area contributed by atoms with Gasteiger partial charge in [0.25, 0.3) is 0 Å². The Morgan fingerprint density at radius 3 is 1.54 bits per heavy atom. The smallest absolute Gasteiger partial charge is 0.352 e. The standard InChI is InChI=1S/C7H2Br3NO2.C7H5NO5/c8-3-1-4(6(9)12)11-5(2-3)7(10)13;9-3-1-4(6(10)11)8-5(2-3)7(12)13/h1-2H;1-2H,(H,8,9)(H,10,11)(H,12,13). The number of carboxylic acid groups (broad SMARTS) is 2. The van der Waals surface area contributed by atoms with Crippen molar-refractivity contribution in [1.82, 2.24) is 9.97 Å². The number of aromatic amines is 1. The molecular weight excluding hydrogens is 548 g/mol. The van der Waals surface area contributed by atoms with Crippen molar-refractivity contribution < 1.29 is 29.4 Å². The van der Waals surface area contributed by atoms with Crippen molar-refractivity contribution in [2.24, 2.45) is 0 Å². The Labute approximate surface area is 169 Å². The molecule has 0 saturated carbocycles. The highest BCUT2D eigenvalue weighted by molar-refractivity contribution is 9.18. The van der Waals surface area contributed by atoms with Crippen molar-refractivity contribution >= 4 is 69.1 Å². The quantitative estimate of drug-likeness (QED) is 0.487. The summed E-state index contributed by atoms with van der Waals surface area (Å²) < 4.78 is -0.0827. The first-order valence-electron chi connectivity index (χ1n) is 6.29. The van der Waals surface area contributed by atoms with E-state index in [1.807, 2.05) is 0 Å². The lowest BCUT2D eigenvalue weighted by molar-refractivity contribution is 0.0684. The fourth-order valence-corrected chi connectivity index (χ4v) is 2.31. The van der Waals surface area contributed by atoms with E-state index in [9.17, 15) is 24.0 Å². The summed E-state index contributed by atoms with van der Waals surface area (Å²) in [5.41, 5.74) is -1.15. The monoisotopic (exact) mass is 552 g/mol. The molecule has 136 valence electrons. The zero-order chi connectivity index (χ0) is 20.0. The van der Waals surface area contributed by atoms with Gasteiger partial charge in [0.05, 0.1) is 0 Å². The molecule has 12 heteroatoms. The molecule has 26 heavy (non-hydrogen) atoms. The number of nitrogens with one attached hydrogen (secondary N) is 1. The van der Waals surface area contributed by atoms with Gasteiger partial charge in [-0.2, -0.15) is 0 Å². The molecule has 0 atom stereocenters. The zero-order valence-corrected chi connectivity index (χ0v) is 17.1. The summed E-state index contributed by atoms with van der Waals surface area (Å²) in [5.74, 6) is -2.75. The van der Waals surface area contributed by atoms with Crippen LogP contribution in [0.4, 0.5) is 0 Å². The second-order valence-electron chi connectivity index (χ2n) is 4.36. The fraction of sp³-hybridized carbons (Fsp3) is 0. The topological polar surface area (TPSA) is 154 Å². The molecule has 0 bridgehead atoms. The van der Waals surface area contributed by atoms with Gasteiger partial charge in [0.15, 0.2) is 5.43 Å². The summed E-state index contributed by atoms with van der Waals surface area (Å²) in [6, 6.07) is 4.68. The molecule has 0 spiro atoms. The predicted molar refractivity (Wildman–Crippen MR) is 99.4 cm³/mol. The number of rotatable bonds is 4. The van der Waals surface area contributed by atoms with Gasteiger partial charge in [0.1, 0.15) is 22.8 Å².